The number of nitrogens with zero attached hydrogens (tertiary/aromatic N) is 1. The number of carbonyl (C=O) groups is 1. The van der Waals surface area contributed by atoms with Gasteiger partial charge in [0.25, 0.3) is 11.6 Å². The zero-order valence-electron chi connectivity index (χ0n) is 11.0. The molecule has 0 saturated carbocycles. The maximum Gasteiger partial charge on any atom is 0.292 e. The highest BCUT2D eigenvalue weighted by atomic mass is 16.6. The molecule has 1 amide bonds. The van der Waals surface area contributed by atoms with Crippen LogP contribution in [0.3, 0.4) is 0 Å². The quantitative estimate of drug-likeness (QED) is 0.480. The van der Waals surface area contributed by atoms with Gasteiger partial charge in [-0.25, -0.2) is 0 Å². The fraction of sp³-hybridized carbons (Fsp3) is 0.462. The number of hydrogen-bond donors (Lipinski definition) is 2. The summed E-state index contributed by atoms with van der Waals surface area (Å²) < 4.78 is 5.26. The molecule has 0 spiro atoms. The van der Waals surface area contributed by atoms with Crippen LogP contribution in [0.25, 0.3) is 0 Å². The van der Waals surface area contributed by atoms with Gasteiger partial charge in [0.15, 0.2) is 0 Å². The van der Waals surface area contributed by atoms with E-state index in [4.69, 9.17) is 10.5 Å². The number of hydrogen-bond acceptors (Lipinski definition) is 5. The summed E-state index contributed by atoms with van der Waals surface area (Å²) in [6, 6.07) is 3.98. The standard InChI is InChI=1S/C13H17N3O4/c14-11-7-10(1-2-12(11)16(18)19)13(17)15-5-3-9-4-6-20-8-9/h1-2,7,9H,3-6,8,14H2,(H,15,17). The molecule has 1 aromatic rings. The van der Waals surface area contributed by atoms with E-state index in [2.05, 4.69) is 5.32 Å². The maximum absolute atomic E-state index is 11.9. The van der Waals surface area contributed by atoms with Crippen molar-refractivity contribution in [1.82, 2.24) is 5.32 Å². The molecular weight excluding hydrogens is 262 g/mol. The largest absolute Gasteiger partial charge is 0.393 e. The molecule has 108 valence electrons. The molecular formula is C13H17N3O4. The van der Waals surface area contributed by atoms with Crippen molar-refractivity contribution in [2.24, 2.45) is 5.92 Å². The molecule has 7 nitrogen and oxygen atoms in total. The number of rotatable bonds is 5. The van der Waals surface area contributed by atoms with Gasteiger partial charge in [-0.15, -0.1) is 0 Å². The molecule has 1 fully saturated rings. The number of amides is 1. The summed E-state index contributed by atoms with van der Waals surface area (Å²) >= 11 is 0. The smallest absolute Gasteiger partial charge is 0.292 e. The number of benzene rings is 1. The van der Waals surface area contributed by atoms with E-state index in [1.807, 2.05) is 0 Å². The Labute approximate surface area is 116 Å². The molecule has 2 rings (SSSR count). The highest BCUT2D eigenvalue weighted by Gasteiger charge is 2.17. The molecule has 0 aromatic heterocycles. The summed E-state index contributed by atoms with van der Waals surface area (Å²) in [7, 11) is 0. The SMILES string of the molecule is Nc1cc(C(=O)NCCC2CCOC2)ccc1[N+](=O)[O-]. The lowest BCUT2D eigenvalue weighted by Crippen LogP contribution is -2.26. The van der Waals surface area contributed by atoms with E-state index in [0.717, 1.165) is 26.1 Å². The Hall–Kier alpha value is -2.15. The van der Waals surface area contributed by atoms with Gasteiger partial charge in [0.1, 0.15) is 5.69 Å². The minimum absolute atomic E-state index is 0.00755. The molecule has 1 saturated heterocycles. The van der Waals surface area contributed by atoms with Crippen molar-refractivity contribution in [2.75, 3.05) is 25.5 Å². The Morgan fingerprint density at radius 2 is 2.35 bits per heavy atom. The second kappa shape index (κ2) is 6.33. The molecule has 0 radical (unpaired) electrons. The van der Waals surface area contributed by atoms with E-state index in [1.165, 1.54) is 18.2 Å². The van der Waals surface area contributed by atoms with Gasteiger partial charge in [-0.3, -0.25) is 14.9 Å². The number of carbonyl (C=O) groups excluding carboxylic acids is 1. The topological polar surface area (TPSA) is 107 Å². The molecule has 7 heteroatoms. The highest BCUT2D eigenvalue weighted by Crippen LogP contribution is 2.22. The fourth-order valence-corrected chi connectivity index (χ4v) is 2.16. The first-order chi connectivity index (χ1) is 9.58. The van der Waals surface area contributed by atoms with Gasteiger partial charge in [0, 0.05) is 31.4 Å². The third-order valence-electron chi connectivity index (χ3n) is 3.35. The number of nitrogens with one attached hydrogen (secondary N) is 1. The third-order valence-corrected chi connectivity index (χ3v) is 3.35. The van der Waals surface area contributed by atoms with Gasteiger partial charge < -0.3 is 15.8 Å². The van der Waals surface area contributed by atoms with Gasteiger partial charge in [0.05, 0.1) is 4.92 Å². The van der Waals surface area contributed by atoms with E-state index in [9.17, 15) is 14.9 Å². The second-order valence-corrected chi connectivity index (χ2v) is 4.80. The van der Waals surface area contributed by atoms with Crippen LogP contribution in [0.2, 0.25) is 0 Å². The molecule has 1 atom stereocenters. The van der Waals surface area contributed by atoms with Crippen molar-refractivity contribution in [3.05, 3.63) is 33.9 Å². The van der Waals surface area contributed by atoms with Crippen LogP contribution in [-0.2, 0) is 4.74 Å². The maximum atomic E-state index is 11.9. The van der Waals surface area contributed by atoms with Crippen molar-refractivity contribution < 1.29 is 14.5 Å². The highest BCUT2D eigenvalue weighted by molar-refractivity contribution is 5.95. The third kappa shape index (κ3) is 3.45. The lowest BCUT2D eigenvalue weighted by Gasteiger charge is -2.09. The summed E-state index contributed by atoms with van der Waals surface area (Å²) in [5.74, 6) is 0.225. The number of ether oxygens (including phenoxy) is 1. The van der Waals surface area contributed by atoms with Crippen molar-refractivity contribution in [2.45, 2.75) is 12.8 Å². The molecule has 1 aromatic carbocycles. The average Bonchev–Trinajstić information content (AvgIpc) is 2.91. The number of nitrogens with two attached hydrogens (primary N) is 1. The van der Waals surface area contributed by atoms with E-state index in [1.54, 1.807) is 0 Å². The first-order valence-corrected chi connectivity index (χ1v) is 6.48. The van der Waals surface area contributed by atoms with Gasteiger partial charge >= 0.3 is 0 Å². The molecule has 1 aliphatic rings. The lowest BCUT2D eigenvalue weighted by atomic mass is 10.1. The van der Waals surface area contributed by atoms with Gasteiger partial charge in [-0.2, -0.15) is 0 Å². The summed E-state index contributed by atoms with van der Waals surface area (Å²) in [4.78, 5) is 21.9. The van der Waals surface area contributed by atoms with Crippen LogP contribution in [-0.4, -0.2) is 30.6 Å². The summed E-state index contributed by atoms with van der Waals surface area (Å²) in [6.45, 7) is 2.10. The molecule has 20 heavy (non-hydrogen) atoms. The van der Waals surface area contributed by atoms with Crippen LogP contribution >= 0.6 is 0 Å². The van der Waals surface area contributed by atoms with Crippen LogP contribution in [0.15, 0.2) is 18.2 Å². The van der Waals surface area contributed by atoms with E-state index < -0.39 is 4.92 Å². The Kier molecular flexibility index (Phi) is 4.52. The van der Waals surface area contributed by atoms with Gasteiger partial charge in [-0.1, -0.05) is 0 Å². The second-order valence-electron chi connectivity index (χ2n) is 4.80. The van der Waals surface area contributed by atoms with E-state index >= 15 is 0 Å². The molecule has 1 aliphatic heterocycles. The monoisotopic (exact) mass is 279 g/mol. The van der Waals surface area contributed by atoms with E-state index in [-0.39, 0.29) is 17.3 Å². The summed E-state index contributed by atoms with van der Waals surface area (Å²) in [5, 5.41) is 13.4. The number of nitro groups is 1. The number of anilines is 1. The molecule has 0 aliphatic carbocycles. The van der Waals surface area contributed by atoms with Crippen molar-refractivity contribution >= 4 is 17.3 Å². The predicted octanol–water partition coefficient (Wildman–Crippen LogP) is 1.33. The van der Waals surface area contributed by atoms with Gasteiger partial charge in [0.2, 0.25) is 0 Å². The van der Waals surface area contributed by atoms with Crippen molar-refractivity contribution in [3.63, 3.8) is 0 Å². The fourth-order valence-electron chi connectivity index (χ4n) is 2.16. The average molecular weight is 279 g/mol. The van der Waals surface area contributed by atoms with Crippen LogP contribution in [0.5, 0.6) is 0 Å². The zero-order valence-corrected chi connectivity index (χ0v) is 11.0. The number of nitrogen functional groups attached to an aromatic ring is 1. The molecule has 3 N–H and O–H groups in total. The molecule has 0 bridgehead atoms. The minimum atomic E-state index is -0.572. The van der Waals surface area contributed by atoms with Crippen molar-refractivity contribution in [3.8, 4) is 0 Å². The van der Waals surface area contributed by atoms with Crippen LogP contribution in [0.4, 0.5) is 11.4 Å². The Bertz CT molecular complexity index is 512. The van der Waals surface area contributed by atoms with E-state index in [0.29, 0.717) is 18.0 Å². The van der Waals surface area contributed by atoms with Crippen LogP contribution in [0, 0.1) is 16.0 Å². The minimum Gasteiger partial charge on any atom is -0.393 e. The number of nitro benzene ring substituents is 1. The summed E-state index contributed by atoms with van der Waals surface area (Å²) in [5.41, 5.74) is 5.68. The zero-order chi connectivity index (χ0) is 14.5. The van der Waals surface area contributed by atoms with Crippen molar-refractivity contribution in [1.29, 1.82) is 0 Å². The normalized spacial score (nSPS) is 17.9. The lowest BCUT2D eigenvalue weighted by molar-refractivity contribution is -0.383. The first-order valence-electron chi connectivity index (χ1n) is 6.48. The molecule has 1 unspecified atom stereocenters. The first kappa shape index (κ1) is 14.3. The Balaban J connectivity index is 1.88. The van der Waals surface area contributed by atoms with Gasteiger partial charge in [-0.05, 0) is 30.9 Å². The Morgan fingerprint density at radius 3 is 2.95 bits per heavy atom. The van der Waals surface area contributed by atoms with Crippen LogP contribution in [0.1, 0.15) is 23.2 Å². The van der Waals surface area contributed by atoms with Crippen LogP contribution < -0.4 is 11.1 Å². The predicted molar refractivity (Wildman–Crippen MR) is 73.4 cm³/mol. The Morgan fingerprint density at radius 1 is 1.55 bits per heavy atom. The summed E-state index contributed by atoms with van der Waals surface area (Å²) in [6.07, 6.45) is 1.90. The molecule has 1 heterocycles.